The van der Waals surface area contributed by atoms with Crippen LogP contribution in [0.1, 0.15) is 18.5 Å². The molecule has 0 bridgehead atoms. The number of rotatable bonds is 4. The molecule has 17 heavy (non-hydrogen) atoms. The van der Waals surface area contributed by atoms with Crippen molar-refractivity contribution >= 4 is 11.6 Å². The Hall–Kier alpha value is -1.63. The summed E-state index contributed by atoms with van der Waals surface area (Å²) in [5, 5.41) is 2.43. The topological polar surface area (TPSA) is 68.0 Å². The molecule has 0 aliphatic rings. The largest absolute Gasteiger partial charge is 0.433 e. The predicted molar refractivity (Wildman–Crippen MR) is 56.2 cm³/mol. The number of pyridine rings is 1. The summed E-state index contributed by atoms with van der Waals surface area (Å²) in [7, 11) is 0. The van der Waals surface area contributed by atoms with E-state index in [1.165, 1.54) is 0 Å². The average Bonchev–Trinajstić information content (AvgIpc) is 2.26. The van der Waals surface area contributed by atoms with Crippen LogP contribution in [0.25, 0.3) is 0 Å². The van der Waals surface area contributed by atoms with Crippen molar-refractivity contribution in [2.24, 2.45) is 5.73 Å². The molecule has 3 N–H and O–H groups in total. The summed E-state index contributed by atoms with van der Waals surface area (Å²) < 4.78 is 36.6. The maximum atomic E-state index is 12.2. The number of carbonyl (C=O) groups excluding carboxylic acids is 1. The lowest BCUT2D eigenvalue weighted by molar-refractivity contribution is -0.141. The van der Waals surface area contributed by atoms with Crippen LogP contribution in [0.5, 0.6) is 0 Å². The Morgan fingerprint density at radius 2 is 2.12 bits per heavy atom. The van der Waals surface area contributed by atoms with E-state index in [1.807, 2.05) is 0 Å². The second kappa shape index (κ2) is 5.62. The number of carbonyl (C=O) groups is 1. The monoisotopic (exact) mass is 247 g/mol. The van der Waals surface area contributed by atoms with Gasteiger partial charge in [0.2, 0.25) is 5.91 Å². The van der Waals surface area contributed by atoms with Gasteiger partial charge in [-0.05, 0) is 25.1 Å². The number of aromatic nitrogens is 1. The van der Waals surface area contributed by atoms with E-state index < -0.39 is 11.9 Å². The molecular weight excluding hydrogens is 235 g/mol. The summed E-state index contributed by atoms with van der Waals surface area (Å²) in [6.07, 6.45) is -2.73. The molecule has 0 aliphatic heterocycles. The van der Waals surface area contributed by atoms with Crippen LogP contribution in [-0.2, 0) is 11.0 Å². The lowest BCUT2D eigenvalue weighted by Crippen LogP contribution is -2.14. The van der Waals surface area contributed by atoms with E-state index in [0.29, 0.717) is 13.0 Å². The normalized spacial score (nSPS) is 11.3. The van der Waals surface area contributed by atoms with Crippen molar-refractivity contribution in [2.45, 2.75) is 19.0 Å². The van der Waals surface area contributed by atoms with Crippen LogP contribution in [-0.4, -0.2) is 17.4 Å². The molecule has 1 rings (SSSR count). The standard InChI is InChI=1S/C10H12F3N3O/c11-10(12,13)8-4-3-7(6-15-8)16-9(17)2-1-5-14/h3-4,6H,1-2,5,14H2,(H,16,17). The molecule has 1 heterocycles. The fraction of sp³-hybridized carbons (Fsp3) is 0.400. The van der Waals surface area contributed by atoms with Crippen molar-refractivity contribution in [3.05, 3.63) is 24.0 Å². The van der Waals surface area contributed by atoms with E-state index in [-0.39, 0.29) is 18.0 Å². The van der Waals surface area contributed by atoms with E-state index in [2.05, 4.69) is 10.3 Å². The van der Waals surface area contributed by atoms with Crippen molar-refractivity contribution in [3.8, 4) is 0 Å². The minimum absolute atomic E-state index is 0.234. The third-order valence-electron chi connectivity index (χ3n) is 1.95. The van der Waals surface area contributed by atoms with Crippen LogP contribution >= 0.6 is 0 Å². The van der Waals surface area contributed by atoms with Gasteiger partial charge in [0.15, 0.2) is 0 Å². The summed E-state index contributed by atoms with van der Waals surface area (Å²) in [5.74, 6) is -0.294. The van der Waals surface area contributed by atoms with Gasteiger partial charge in [0.1, 0.15) is 5.69 Å². The van der Waals surface area contributed by atoms with E-state index >= 15 is 0 Å². The highest BCUT2D eigenvalue weighted by Crippen LogP contribution is 2.27. The van der Waals surface area contributed by atoms with Gasteiger partial charge in [0.05, 0.1) is 11.9 Å². The zero-order chi connectivity index (χ0) is 12.9. The first-order chi connectivity index (χ1) is 7.93. The second-order valence-electron chi connectivity index (χ2n) is 3.37. The second-order valence-corrected chi connectivity index (χ2v) is 3.37. The van der Waals surface area contributed by atoms with E-state index in [4.69, 9.17) is 5.73 Å². The Bertz CT molecular complexity index is 375. The highest BCUT2D eigenvalue weighted by molar-refractivity contribution is 5.90. The number of hydrogen-bond donors (Lipinski definition) is 2. The quantitative estimate of drug-likeness (QED) is 0.852. The van der Waals surface area contributed by atoms with Crippen LogP contribution in [0.4, 0.5) is 18.9 Å². The molecule has 0 aromatic carbocycles. The third-order valence-corrected chi connectivity index (χ3v) is 1.95. The van der Waals surface area contributed by atoms with E-state index in [0.717, 1.165) is 18.3 Å². The molecule has 0 unspecified atom stereocenters. The van der Waals surface area contributed by atoms with Gasteiger partial charge in [-0.25, -0.2) is 4.98 Å². The van der Waals surface area contributed by atoms with Gasteiger partial charge in [-0.2, -0.15) is 13.2 Å². The van der Waals surface area contributed by atoms with Crippen LogP contribution in [0.3, 0.4) is 0 Å². The highest BCUT2D eigenvalue weighted by Gasteiger charge is 2.32. The first-order valence-electron chi connectivity index (χ1n) is 4.96. The zero-order valence-corrected chi connectivity index (χ0v) is 8.92. The van der Waals surface area contributed by atoms with Gasteiger partial charge in [-0.3, -0.25) is 4.79 Å². The molecule has 0 atom stereocenters. The number of alkyl halides is 3. The number of amides is 1. The molecule has 1 aromatic rings. The molecule has 0 spiro atoms. The van der Waals surface area contributed by atoms with Crippen LogP contribution in [0.2, 0.25) is 0 Å². The third kappa shape index (κ3) is 4.39. The molecule has 0 fully saturated rings. The summed E-state index contributed by atoms with van der Waals surface area (Å²) in [5.41, 5.74) is 4.47. The van der Waals surface area contributed by atoms with E-state index in [1.54, 1.807) is 0 Å². The van der Waals surface area contributed by atoms with Crippen LogP contribution in [0, 0.1) is 0 Å². The molecule has 1 amide bonds. The Morgan fingerprint density at radius 3 is 2.59 bits per heavy atom. The van der Waals surface area contributed by atoms with Gasteiger partial charge in [-0.1, -0.05) is 0 Å². The molecule has 0 aliphatic carbocycles. The Balaban J connectivity index is 2.60. The maximum Gasteiger partial charge on any atom is 0.433 e. The minimum Gasteiger partial charge on any atom is -0.330 e. The Kier molecular flexibility index (Phi) is 4.45. The molecule has 1 aromatic heterocycles. The van der Waals surface area contributed by atoms with Gasteiger partial charge in [0.25, 0.3) is 0 Å². The number of nitrogens with two attached hydrogens (primary N) is 1. The number of halogens is 3. The first-order valence-corrected chi connectivity index (χ1v) is 4.96. The molecule has 0 saturated carbocycles. The predicted octanol–water partition coefficient (Wildman–Crippen LogP) is 1.78. The van der Waals surface area contributed by atoms with E-state index in [9.17, 15) is 18.0 Å². The lowest BCUT2D eigenvalue weighted by atomic mass is 10.3. The summed E-state index contributed by atoms with van der Waals surface area (Å²) in [6, 6.07) is 1.98. The summed E-state index contributed by atoms with van der Waals surface area (Å²) in [4.78, 5) is 14.5. The average molecular weight is 247 g/mol. The van der Waals surface area contributed by atoms with Crippen molar-refractivity contribution in [3.63, 3.8) is 0 Å². The van der Waals surface area contributed by atoms with Gasteiger partial charge in [-0.15, -0.1) is 0 Å². The lowest BCUT2D eigenvalue weighted by Gasteiger charge is -2.07. The Labute approximate surface area is 96.0 Å². The van der Waals surface area contributed by atoms with Gasteiger partial charge >= 0.3 is 6.18 Å². The fourth-order valence-electron chi connectivity index (χ4n) is 1.12. The number of nitrogens with zero attached hydrogens (tertiary/aromatic N) is 1. The molecule has 7 heteroatoms. The van der Waals surface area contributed by atoms with Crippen LogP contribution < -0.4 is 11.1 Å². The van der Waals surface area contributed by atoms with Crippen molar-refractivity contribution in [1.29, 1.82) is 0 Å². The van der Waals surface area contributed by atoms with Gasteiger partial charge < -0.3 is 11.1 Å². The molecular formula is C10H12F3N3O. The van der Waals surface area contributed by atoms with Crippen molar-refractivity contribution in [1.82, 2.24) is 4.98 Å². The minimum atomic E-state index is -4.47. The molecule has 4 nitrogen and oxygen atoms in total. The Morgan fingerprint density at radius 1 is 1.41 bits per heavy atom. The van der Waals surface area contributed by atoms with Crippen molar-refractivity contribution < 1.29 is 18.0 Å². The molecule has 0 radical (unpaired) electrons. The fourth-order valence-corrected chi connectivity index (χ4v) is 1.12. The maximum absolute atomic E-state index is 12.2. The summed E-state index contributed by atoms with van der Waals surface area (Å²) in [6.45, 7) is 0.388. The zero-order valence-electron chi connectivity index (χ0n) is 8.92. The van der Waals surface area contributed by atoms with Gasteiger partial charge in [0, 0.05) is 6.42 Å². The smallest absolute Gasteiger partial charge is 0.330 e. The number of hydrogen-bond acceptors (Lipinski definition) is 3. The summed E-state index contributed by atoms with van der Waals surface area (Å²) >= 11 is 0. The molecule has 94 valence electrons. The van der Waals surface area contributed by atoms with Crippen LogP contribution in [0.15, 0.2) is 18.3 Å². The first kappa shape index (κ1) is 13.4. The highest BCUT2D eigenvalue weighted by atomic mass is 19.4. The SMILES string of the molecule is NCCCC(=O)Nc1ccc(C(F)(F)F)nc1. The number of anilines is 1. The number of nitrogens with one attached hydrogen (secondary N) is 1. The molecule has 0 saturated heterocycles. The van der Waals surface area contributed by atoms with Crippen molar-refractivity contribution in [2.75, 3.05) is 11.9 Å².